The summed E-state index contributed by atoms with van der Waals surface area (Å²) in [4.78, 5) is 2.36. The van der Waals surface area contributed by atoms with Gasteiger partial charge in [0.2, 0.25) is 0 Å². The maximum atomic E-state index is 5.97. The number of benzene rings is 1. The van der Waals surface area contributed by atoms with Crippen LogP contribution in [0.5, 0.6) is 0 Å². The molecular weight excluding hydrogens is 230 g/mol. The molecule has 1 aliphatic carbocycles. The molecule has 1 aliphatic rings. The van der Waals surface area contributed by atoms with E-state index in [9.17, 15) is 0 Å². The highest BCUT2D eigenvalue weighted by molar-refractivity contribution is 6.20. The fraction of sp³-hybridized carbons (Fsp3) is 0.600. The van der Waals surface area contributed by atoms with Gasteiger partial charge in [0.25, 0.3) is 0 Å². The van der Waals surface area contributed by atoms with Gasteiger partial charge in [-0.15, -0.1) is 11.6 Å². The van der Waals surface area contributed by atoms with Gasteiger partial charge in [0.05, 0.1) is 0 Å². The highest BCUT2D eigenvalue weighted by atomic mass is 35.5. The lowest BCUT2D eigenvalue weighted by molar-refractivity contribution is 0.321. The molecule has 0 N–H and O–H groups in total. The lowest BCUT2D eigenvalue weighted by atomic mass is 10.1. The average molecular weight is 252 g/mol. The van der Waals surface area contributed by atoms with Gasteiger partial charge in [-0.2, -0.15) is 0 Å². The number of hydrogen-bond acceptors (Lipinski definition) is 1. The van der Waals surface area contributed by atoms with E-state index in [0.29, 0.717) is 0 Å². The van der Waals surface area contributed by atoms with Gasteiger partial charge in [-0.05, 0) is 62.9 Å². The Bertz CT molecular complexity index is 373. The van der Waals surface area contributed by atoms with Gasteiger partial charge in [0, 0.05) is 11.9 Å². The molecule has 0 radical (unpaired) electrons. The summed E-state index contributed by atoms with van der Waals surface area (Å²) in [7, 11) is 2.17. The Labute approximate surface area is 110 Å². The lowest BCUT2D eigenvalue weighted by Gasteiger charge is -2.17. The third kappa shape index (κ3) is 3.72. The molecule has 0 aliphatic heterocycles. The Morgan fingerprint density at radius 3 is 2.82 bits per heavy atom. The van der Waals surface area contributed by atoms with Crippen LogP contribution in [0.4, 0.5) is 0 Å². The van der Waals surface area contributed by atoms with Crippen LogP contribution in [0.15, 0.2) is 18.2 Å². The van der Waals surface area contributed by atoms with Crippen LogP contribution in [0.25, 0.3) is 0 Å². The predicted octanol–water partition coefficient (Wildman–Crippen LogP) is 3.62. The topological polar surface area (TPSA) is 3.24 Å². The first kappa shape index (κ1) is 12.9. The summed E-state index contributed by atoms with van der Waals surface area (Å²) in [6.07, 6.45) is 4.93. The smallest absolute Gasteiger partial charge is 0.0320 e. The molecule has 0 saturated heterocycles. The highest BCUT2D eigenvalue weighted by Crippen LogP contribution is 2.23. The summed E-state index contributed by atoms with van der Waals surface area (Å²) in [6, 6.07) is 6.99. The van der Waals surface area contributed by atoms with Crippen molar-refractivity contribution in [1.29, 1.82) is 0 Å². The number of fused-ring (bicyclic) bond motifs is 1. The van der Waals surface area contributed by atoms with E-state index in [-0.39, 0.29) is 5.38 Å². The largest absolute Gasteiger partial charge is 0.302 e. The number of nitrogens with zero attached hydrogens (tertiary/aromatic N) is 1. The summed E-state index contributed by atoms with van der Waals surface area (Å²) < 4.78 is 0. The third-order valence-electron chi connectivity index (χ3n) is 3.52. The minimum Gasteiger partial charge on any atom is -0.302 e. The predicted molar refractivity (Wildman–Crippen MR) is 74.7 cm³/mol. The van der Waals surface area contributed by atoms with E-state index in [4.69, 9.17) is 11.6 Å². The molecule has 0 amide bonds. The summed E-state index contributed by atoms with van der Waals surface area (Å²) in [5.41, 5.74) is 4.57. The normalized spacial score (nSPS) is 16.2. The monoisotopic (exact) mass is 251 g/mol. The molecule has 0 spiro atoms. The standard InChI is InChI=1S/C15H22ClN/c1-12(16)8-9-17(2)11-13-6-7-14-4-3-5-15(14)10-13/h6-7,10,12H,3-5,8-9,11H2,1-2H3. The molecule has 0 saturated carbocycles. The molecule has 0 fully saturated rings. The van der Waals surface area contributed by atoms with Gasteiger partial charge in [0.1, 0.15) is 0 Å². The average Bonchev–Trinajstić information content (AvgIpc) is 2.73. The van der Waals surface area contributed by atoms with Crippen LogP contribution in [-0.4, -0.2) is 23.9 Å². The summed E-state index contributed by atoms with van der Waals surface area (Å²) in [6.45, 7) is 4.17. The number of hydrogen-bond donors (Lipinski definition) is 0. The molecule has 0 aromatic heterocycles. The van der Waals surface area contributed by atoms with Crippen LogP contribution in [0, 0.1) is 0 Å². The van der Waals surface area contributed by atoms with Crippen molar-refractivity contribution in [3.63, 3.8) is 0 Å². The lowest BCUT2D eigenvalue weighted by Crippen LogP contribution is -2.21. The summed E-state index contributed by atoms with van der Waals surface area (Å²) in [5.74, 6) is 0. The Morgan fingerprint density at radius 2 is 2.06 bits per heavy atom. The summed E-state index contributed by atoms with van der Waals surface area (Å²) >= 11 is 5.97. The van der Waals surface area contributed by atoms with E-state index >= 15 is 0 Å². The third-order valence-corrected chi connectivity index (χ3v) is 3.74. The molecule has 0 heterocycles. The number of aryl methyl sites for hydroxylation is 2. The van der Waals surface area contributed by atoms with Gasteiger partial charge in [-0.1, -0.05) is 18.2 Å². The first-order valence-corrected chi connectivity index (χ1v) is 7.02. The van der Waals surface area contributed by atoms with E-state index in [1.807, 2.05) is 0 Å². The molecular formula is C15H22ClN. The van der Waals surface area contributed by atoms with Crippen LogP contribution in [0.3, 0.4) is 0 Å². The molecule has 2 heteroatoms. The molecule has 1 aromatic rings. The fourth-order valence-corrected chi connectivity index (χ4v) is 2.61. The van der Waals surface area contributed by atoms with Gasteiger partial charge in [-0.3, -0.25) is 0 Å². The van der Waals surface area contributed by atoms with Gasteiger partial charge in [-0.25, -0.2) is 0 Å². The van der Waals surface area contributed by atoms with E-state index in [2.05, 4.69) is 37.1 Å². The second kappa shape index (κ2) is 5.88. The zero-order valence-electron chi connectivity index (χ0n) is 10.9. The highest BCUT2D eigenvalue weighted by Gasteiger charge is 2.11. The zero-order valence-corrected chi connectivity index (χ0v) is 11.6. The molecule has 1 aromatic carbocycles. The quantitative estimate of drug-likeness (QED) is 0.723. The van der Waals surface area contributed by atoms with Gasteiger partial charge in [0.15, 0.2) is 0 Å². The van der Waals surface area contributed by atoms with Gasteiger partial charge < -0.3 is 4.90 Å². The van der Waals surface area contributed by atoms with Crippen molar-refractivity contribution >= 4 is 11.6 Å². The Balaban J connectivity index is 1.90. The fourth-order valence-electron chi connectivity index (χ4n) is 2.51. The van der Waals surface area contributed by atoms with Crippen molar-refractivity contribution in [2.24, 2.45) is 0 Å². The van der Waals surface area contributed by atoms with Crippen molar-refractivity contribution < 1.29 is 0 Å². The van der Waals surface area contributed by atoms with Crippen molar-refractivity contribution in [1.82, 2.24) is 4.90 Å². The Morgan fingerprint density at radius 1 is 1.29 bits per heavy atom. The Kier molecular flexibility index (Phi) is 4.47. The molecule has 2 rings (SSSR count). The number of alkyl halides is 1. The van der Waals surface area contributed by atoms with E-state index in [1.54, 1.807) is 11.1 Å². The first-order valence-electron chi connectivity index (χ1n) is 6.58. The van der Waals surface area contributed by atoms with Crippen LogP contribution in [-0.2, 0) is 19.4 Å². The maximum Gasteiger partial charge on any atom is 0.0320 e. The van der Waals surface area contributed by atoms with Gasteiger partial charge >= 0.3 is 0 Å². The van der Waals surface area contributed by atoms with E-state index in [1.165, 1.54) is 24.8 Å². The molecule has 0 bridgehead atoms. The van der Waals surface area contributed by atoms with E-state index < -0.39 is 0 Å². The zero-order chi connectivity index (χ0) is 12.3. The van der Waals surface area contributed by atoms with Crippen LogP contribution in [0.1, 0.15) is 36.5 Å². The summed E-state index contributed by atoms with van der Waals surface area (Å²) in [5, 5.41) is 0.275. The molecule has 1 nitrogen and oxygen atoms in total. The molecule has 1 atom stereocenters. The SMILES string of the molecule is CC(Cl)CCN(C)Cc1ccc2c(c1)CCC2. The van der Waals surface area contributed by atoms with E-state index in [0.717, 1.165) is 19.5 Å². The first-order chi connectivity index (χ1) is 8.15. The Hall–Kier alpha value is -0.530. The van der Waals surface area contributed by atoms with Crippen molar-refractivity contribution in [3.05, 3.63) is 34.9 Å². The van der Waals surface area contributed by atoms with Crippen molar-refractivity contribution in [3.8, 4) is 0 Å². The minimum absolute atomic E-state index is 0.275. The molecule has 94 valence electrons. The van der Waals surface area contributed by atoms with Crippen LogP contribution >= 0.6 is 11.6 Å². The molecule has 17 heavy (non-hydrogen) atoms. The maximum absolute atomic E-state index is 5.97. The number of rotatable bonds is 5. The van der Waals surface area contributed by atoms with Crippen LogP contribution < -0.4 is 0 Å². The van der Waals surface area contributed by atoms with Crippen molar-refractivity contribution in [2.45, 2.75) is 44.5 Å². The molecule has 1 unspecified atom stereocenters. The second-order valence-corrected chi connectivity index (χ2v) is 6.01. The second-order valence-electron chi connectivity index (χ2n) is 5.26. The number of halogens is 1. The van der Waals surface area contributed by atoms with Crippen LogP contribution in [0.2, 0.25) is 0 Å². The minimum atomic E-state index is 0.275. The van der Waals surface area contributed by atoms with Crippen molar-refractivity contribution in [2.75, 3.05) is 13.6 Å².